The van der Waals surface area contributed by atoms with Crippen LogP contribution in [0.1, 0.15) is 12.8 Å². The van der Waals surface area contributed by atoms with E-state index in [2.05, 4.69) is 0 Å². The zero-order valence-electron chi connectivity index (χ0n) is 5.84. The summed E-state index contributed by atoms with van der Waals surface area (Å²) < 4.78 is 50.3. The van der Waals surface area contributed by atoms with Gasteiger partial charge in [-0.1, -0.05) is 0 Å². The fourth-order valence-electron chi connectivity index (χ4n) is 1.06. The minimum Gasteiger partial charge on any atom is -0.200 e. The van der Waals surface area contributed by atoms with Crippen molar-refractivity contribution < 1.29 is 17.6 Å². The Morgan fingerprint density at radius 3 is 2.00 bits per heavy atom. The molecule has 2 atom stereocenters. The van der Waals surface area contributed by atoms with E-state index in [4.69, 9.17) is 23.2 Å². The predicted molar refractivity (Wildman–Crippen MR) is 38.4 cm³/mol. The molecule has 2 unspecified atom stereocenters. The maximum Gasteiger partial charge on any atom is 0.327 e. The van der Waals surface area contributed by atoms with E-state index in [1.54, 1.807) is 0 Å². The van der Waals surface area contributed by atoms with Gasteiger partial charge in [0.2, 0.25) is 0 Å². The van der Waals surface area contributed by atoms with Crippen LogP contribution in [0.3, 0.4) is 0 Å². The summed E-state index contributed by atoms with van der Waals surface area (Å²) in [5.41, 5.74) is 0. The highest BCUT2D eigenvalue weighted by molar-refractivity contribution is 6.30. The third-order valence-electron chi connectivity index (χ3n) is 1.89. The van der Waals surface area contributed by atoms with E-state index in [1.165, 1.54) is 0 Å². The van der Waals surface area contributed by atoms with Crippen LogP contribution in [-0.2, 0) is 0 Å². The first-order valence-electron chi connectivity index (χ1n) is 3.33. The Morgan fingerprint density at radius 2 is 1.58 bits per heavy atom. The monoisotopic (exact) mass is 224 g/mol. The van der Waals surface area contributed by atoms with E-state index in [9.17, 15) is 17.6 Å². The Balaban J connectivity index is 2.88. The standard InChI is InChI=1S/C6H6Cl2F4/c7-3-1-2-5(9,10)6(11,12)4(3)8/h3-4H,1-2H2. The second-order valence-corrected chi connectivity index (χ2v) is 3.81. The zero-order valence-corrected chi connectivity index (χ0v) is 7.35. The van der Waals surface area contributed by atoms with Gasteiger partial charge in [-0.3, -0.25) is 0 Å². The first-order chi connectivity index (χ1) is 5.29. The number of halogens is 6. The highest BCUT2D eigenvalue weighted by Crippen LogP contribution is 2.49. The van der Waals surface area contributed by atoms with Gasteiger partial charge in [0.25, 0.3) is 0 Å². The first kappa shape index (κ1) is 10.4. The Kier molecular flexibility index (Phi) is 2.52. The van der Waals surface area contributed by atoms with Crippen LogP contribution in [0.4, 0.5) is 17.6 Å². The molecule has 0 bridgehead atoms. The molecule has 0 radical (unpaired) electrons. The van der Waals surface area contributed by atoms with Gasteiger partial charge in [-0.25, -0.2) is 0 Å². The molecule has 1 aliphatic carbocycles. The summed E-state index contributed by atoms with van der Waals surface area (Å²) in [5.74, 6) is -8.22. The molecule has 0 saturated heterocycles. The molecule has 6 heteroatoms. The second kappa shape index (κ2) is 2.91. The zero-order chi connectivity index (χ0) is 9.57. The molecule has 0 spiro atoms. The maximum atomic E-state index is 12.7. The minimum absolute atomic E-state index is 0.182. The molecule has 0 nitrogen and oxygen atoms in total. The lowest BCUT2D eigenvalue weighted by Crippen LogP contribution is -2.54. The van der Waals surface area contributed by atoms with Gasteiger partial charge in [-0.2, -0.15) is 17.6 Å². The van der Waals surface area contributed by atoms with Crippen molar-refractivity contribution in [3.63, 3.8) is 0 Å². The second-order valence-electron chi connectivity index (χ2n) is 2.78. The molecule has 0 N–H and O–H groups in total. The molecule has 0 aromatic heterocycles. The molecule has 0 aromatic rings. The van der Waals surface area contributed by atoms with Crippen molar-refractivity contribution >= 4 is 23.2 Å². The number of rotatable bonds is 0. The topological polar surface area (TPSA) is 0 Å². The van der Waals surface area contributed by atoms with Gasteiger partial charge in [0.15, 0.2) is 0 Å². The lowest BCUT2D eigenvalue weighted by Gasteiger charge is -2.36. The van der Waals surface area contributed by atoms with Crippen LogP contribution < -0.4 is 0 Å². The van der Waals surface area contributed by atoms with Crippen LogP contribution in [0, 0.1) is 0 Å². The summed E-state index contributed by atoms with van der Waals surface area (Å²) >= 11 is 10.4. The molecule has 1 aliphatic rings. The van der Waals surface area contributed by atoms with Gasteiger partial charge in [-0.15, -0.1) is 23.2 Å². The third kappa shape index (κ3) is 1.39. The fraction of sp³-hybridized carbons (Fsp3) is 1.00. The van der Waals surface area contributed by atoms with E-state index < -0.39 is 29.0 Å². The predicted octanol–water partition coefficient (Wildman–Crippen LogP) is 3.27. The molecular weight excluding hydrogens is 219 g/mol. The number of hydrogen-bond acceptors (Lipinski definition) is 0. The first-order valence-corrected chi connectivity index (χ1v) is 4.20. The van der Waals surface area contributed by atoms with Crippen molar-refractivity contribution in [3.8, 4) is 0 Å². The summed E-state index contributed by atoms with van der Waals surface area (Å²) in [6.45, 7) is 0. The number of hydrogen-bond donors (Lipinski definition) is 0. The third-order valence-corrected chi connectivity index (χ3v) is 3.06. The van der Waals surface area contributed by atoms with E-state index in [-0.39, 0.29) is 6.42 Å². The molecule has 0 amide bonds. The SMILES string of the molecule is FC1(F)CCC(Cl)C(Cl)C1(F)F. The summed E-state index contributed by atoms with van der Waals surface area (Å²) in [5, 5.41) is -3.07. The molecule has 1 rings (SSSR count). The van der Waals surface area contributed by atoms with Crippen molar-refractivity contribution in [3.05, 3.63) is 0 Å². The molecular formula is C6H6Cl2F4. The van der Waals surface area contributed by atoms with Gasteiger partial charge in [0.05, 0.1) is 5.38 Å². The Hall–Kier alpha value is 0.300. The molecule has 1 saturated carbocycles. The van der Waals surface area contributed by atoms with Crippen LogP contribution >= 0.6 is 23.2 Å². The average molecular weight is 225 g/mol. The number of alkyl halides is 6. The van der Waals surface area contributed by atoms with Gasteiger partial charge in [0.1, 0.15) is 5.38 Å². The Bertz CT molecular complexity index is 182. The summed E-state index contributed by atoms with van der Waals surface area (Å²) in [6, 6.07) is 0. The van der Waals surface area contributed by atoms with E-state index >= 15 is 0 Å². The van der Waals surface area contributed by atoms with Crippen LogP contribution in [0.2, 0.25) is 0 Å². The van der Waals surface area contributed by atoms with Crippen LogP contribution in [-0.4, -0.2) is 22.6 Å². The van der Waals surface area contributed by atoms with E-state index in [1.807, 2.05) is 0 Å². The highest BCUT2D eigenvalue weighted by Gasteiger charge is 2.64. The Labute approximate surface area is 76.8 Å². The molecule has 0 heterocycles. The molecule has 72 valence electrons. The minimum atomic E-state index is -4.20. The Morgan fingerprint density at radius 1 is 1.08 bits per heavy atom. The summed E-state index contributed by atoms with van der Waals surface area (Å²) in [7, 11) is 0. The molecule has 12 heavy (non-hydrogen) atoms. The normalized spacial score (nSPS) is 39.5. The fourth-order valence-corrected chi connectivity index (χ4v) is 1.61. The molecule has 0 aromatic carbocycles. The van der Waals surface area contributed by atoms with Crippen molar-refractivity contribution in [2.45, 2.75) is 35.4 Å². The lowest BCUT2D eigenvalue weighted by molar-refractivity contribution is -0.224. The van der Waals surface area contributed by atoms with Gasteiger partial charge in [-0.05, 0) is 6.42 Å². The van der Waals surface area contributed by atoms with Crippen LogP contribution in [0.25, 0.3) is 0 Å². The summed E-state index contributed by atoms with van der Waals surface area (Å²) in [4.78, 5) is 0. The average Bonchev–Trinajstić information content (AvgIpc) is 1.96. The van der Waals surface area contributed by atoms with Gasteiger partial charge < -0.3 is 0 Å². The quantitative estimate of drug-likeness (QED) is 0.438. The van der Waals surface area contributed by atoms with E-state index in [0.29, 0.717) is 0 Å². The maximum absolute atomic E-state index is 12.7. The van der Waals surface area contributed by atoms with Crippen molar-refractivity contribution in [2.24, 2.45) is 0 Å². The van der Waals surface area contributed by atoms with Crippen molar-refractivity contribution in [1.29, 1.82) is 0 Å². The van der Waals surface area contributed by atoms with Gasteiger partial charge in [0, 0.05) is 6.42 Å². The van der Waals surface area contributed by atoms with Crippen molar-refractivity contribution in [1.82, 2.24) is 0 Å². The van der Waals surface area contributed by atoms with Gasteiger partial charge >= 0.3 is 11.8 Å². The largest absolute Gasteiger partial charge is 0.327 e. The molecule has 0 aliphatic heterocycles. The highest BCUT2D eigenvalue weighted by atomic mass is 35.5. The van der Waals surface area contributed by atoms with Crippen LogP contribution in [0.5, 0.6) is 0 Å². The van der Waals surface area contributed by atoms with Crippen LogP contribution in [0.15, 0.2) is 0 Å². The summed E-state index contributed by atoms with van der Waals surface area (Å²) in [6.07, 6.45) is -1.09. The van der Waals surface area contributed by atoms with Crippen molar-refractivity contribution in [2.75, 3.05) is 0 Å². The smallest absolute Gasteiger partial charge is 0.200 e. The molecule has 1 fully saturated rings. The van der Waals surface area contributed by atoms with E-state index in [0.717, 1.165) is 0 Å². The lowest BCUT2D eigenvalue weighted by atomic mass is 9.92.